The number of alkyl halides is 1. The molecule has 0 aliphatic heterocycles. The summed E-state index contributed by atoms with van der Waals surface area (Å²) in [7, 11) is 0. The van der Waals surface area contributed by atoms with Crippen LogP contribution in [0.1, 0.15) is 27.7 Å². The van der Waals surface area contributed by atoms with Gasteiger partial charge in [0.25, 0.3) is 0 Å². The Bertz CT molecular complexity index is 110. The molecule has 0 aromatic carbocycles. The van der Waals surface area contributed by atoms with Crippen LogP contribution in [0.15, 0.2) is 0 Å². The molecule has 0 heterocycles. The first kappa shape index (κ1) is 14.3. The van der Waals surface area contributed by atoms with E-state index >= 15 is 0 Å². The van der Waals surface area contributed by atoms with E-state index in [0.29, 0.717) is 12.1 Å². The van der Waals surface area contributed by atoms with Gasteiger partial charge in [-0.3, -0.25) is 4.79 Å². The smallest absolute Gasteiger partial charge is 0.318 e. The molecule has 12 heavy (non-hydrogen) atoms. The van der Waals surface area contributed by atoms with Crippen molar-refractivity contribution in [2.75, 3.05) is 5.88 Å². The van der Waals surface area contributed by atoms with Crippen LogP contribution < -0.4 is 5.32 Å². The summed E-state index contributed by atoms with van der Waals surface area (Å²) in [5, 5.41) is 10.9. The largest absolute Gasteiger partial charge is 0.480 e. The highest BCUT2D eigenvalue weighted by molar-refractivity contribution is 6.26. The third-order valence-corrected chi connectivity index (χ3v) is 1.01. The quantitative estimate of drug-likeness (QED) is 0.674. The zero-order chi connectivity index (χ0) is 10.1. The molecule has 0 aliphatic carbocycles. The van der Waals surface area contributed by atoms with Gasteiger partial charge in [0.15, 0.2) is 0 Å². The molecule has 0 aromatic rings. The van der Waals surface area contributed by atoms with E-state index in [-0.39, 0.29) is 5.88 Å². The highest BCUT2D eigenvalue weighted by atomic mass is 35.5. The van der Waals surface area contributed by atoms with Crippen LogP contribution in [0.4, 0.5) is 0 Å². The Kier molecular flexibility index (Phi) is 10.5. The number of nitrogens with one attached hydrogen (secondary N) is 1. The Morgan fingerprint density at radius 3 is 1.58 bits per heavy atom. The number of rotatable bonds is 3. The van der Waals surface area contributed by atoms with Crippen molar-refractivity contribution in [3.8, 4) is 0 Å². The van der Waals surface area contributed by atoms with Crippen molar-refractivity contribution < 1.29 is 9.90 Å². The Labute approximate surface area is 79.1 Å². The first-order chi connectivity index (χ1) is 5.40. The van der Waals surface area contributed by atoms with Gasteiger partial charge in [0.1, 0.15) is 5.88 Å². The summed E-state index contributed by atoms with van der Waals surface area (Å²) in [6.45, 7) is 8.61. The summed E-state index contributed by atoms with van der Waals surface area (Å²) >= 11 is 4.74. The van der Waals surface area contributed by atoms with Crippen LogP contribution >= 0.6 is 11.6 Å². The van der Waals surface area contributed by atoms with Crippen LogP contribution in [-0.4, -0.2) is 29.0 Å². The average Bonchev–Trinajstić information content (AvgIpc) is 1.85. The second kappa shape index (κ2) is 8.81. The SMILES string of the molecule is CC(C)NC(C)C.O=C(O)CCl. The number of halogens is 1. The number of hydrogen-bond acceptors (Lipinski definition) is 2. The van der Waals surface area contributed by atoms with E-state index in [4.69, 9.17) is 16.7 Å². The molecule has 0 aromatic heterocycles. The van der Waals surface area contributed by atoms with Crippen LogP contribution in [0.2, 0.25) is 0 Å². The molecule has 0 amide bonds. The maximum Gasteiger partial charge on any atom is 0.318 e. The van der Waals surface area contributed by atoms with Crippen molar-refractivity contribution in [1.29, 1.82) is 0 Å². The monoisotopic (exact) mass is 195 g/mol. The van der Waals surface area contributed by atoms with Crippen LogP contribution in [0.5, 0.6) is 0 Å². The van der Waals surface area contributed by atoms with Gasteiger partial charge in [-0.15, -0.1) is 11.6 Å². The number of carboxylic acid groups (broad SMARTS) is 1. The minimum atomic E-state index is -0.980. The Balaban J connectivity index is 0. The molecule has 74 valence electrons. The van der Waals surface area contributed by atoms with Gasteiger partial charge in [-0.1, -0.05) is 27.7 Å². The molecular weight excluding hydrogens is 178 g/mol. The van der Waals surface area contributed by atoms with Crippen molar-refractivity contribution in [1.82, 2.24) is 5.32 Å². The van der Waals surface area contributed by atoms with Crippen LogP contribution in [0, 0.1) is 0 Å². The molecule has 0 atom stereocenters. The van der Waals surface area contributed by atoms with E-state index in [9.17, 15) is 4.79 Å². The van der Waals surface area contributed by atoms with Gasteiger partial charge in [0.2, 0.25) is 0 Å². The molecule has 0 rings (SSSR count). The van der Waals surface area contributed by atoms with E-state index in [2.05, 4.69) is 33.0 Å². The maximum atomic E-state index is 9.24. The Morgan fingerprint density at radius 2 is 1.58 bits per heavy atom. The van der Waals surface area contributed by atoms with Crippen molar-refractivity contribution in [2.45, 2.75) is 39.8 Å². The molecular formula is C8H18ClNO2. The highest BCUT2D eigenvalue weighted by Crippen LogP contribution is 1.80. The predicted octanol–water partition coefficient (Wildman–Crippen LogP) is 1.70. The topological polar surface area (TPSA) is 49.3 Å². The van der Waals surface area contributed by atoms with Gasteiger partial charge in [0, 0.05) is 12.1 Å². The van der Waals surface area contributed by atoms with E-state index in [1.165, 1.54) is 0 Å². The lowest BCUT2D eigenvalue weighted by atomic mass is 10.3. The standard InChI is InChI=1S/C6H15N.C2H3ClO2/c1-5(2)7-6(3)4;3-1-2(4)5/h5-7H,1-4H3;1H2,(H,4,5). The second-order valence-corrected chi connectivity index (χ2v) is 3.27. The minimum absolute atomic E-state index is 0.306. The molecule has 0 radical (unpaired) electrons. The fraction of sp³-hybridized carbons (Fsp3) is 0.875. The first-order valence-electron chi connectivity index (χ1n) is 3.94. The maximum absolute atomic E-state index is 9.24. The summed E-state index contributed by atoms with van der Waals surface area (Å²) in [5.41, 5.74) is 0. The van der Waals surface area contributed by atoms with E-state index < -0.39 is 5.97 Å². The lowest BCUT2D eigenvalue weighted by Gasteiger charge is -2.10. The molecule has 0 spiro atoms. The zero-order valence-electron chi connectivity index (χ0n) is 8.10. The molecule has 4 heteroatoms. The van der Waals surface area contributed by atoms with Crippen molar-refractivity contribution in [3.63, 3.8) is 0 Å². The van der Waals surface area contributed by atoms with Crippen molar-refractivity contribution >= 4 is 17.6 Å². The molecule has 0 aliphatic rings. The number of carboxylic acids is 1. The number of carbonyl (C=O) groups is 1. The van der Waals surface area contributed by atoms with Gasteiger partial charge in [-0.2, -0.15) is 0 Å². The average molecular weight is 196 g/mol. The van der Waals surface area contributed by atoms with Gasteiger partial charge in [-0.05, 0) is 0 Å². The third-order valence-electron chi connectivity index (χ3n) is 0.781. The fourth-order valence-electron chi connectivity index (χ4n) is 0.667. The summed E-state index contributed by atoms with van der Waals surface area (Å²) in [4.78, 5) is 9.24. The molecule has 0 saturated carbocycles. The molecule has 0 saturated heterocycles. The number of aliphatic carboxylic acids is 1. The summed E-state index contributed by atoms with van der Waals surface area (Å²) in [6, 6.07) is 1.25. The molecule has 0 bridgehead atoms. The highest BCUT2D eigenvalue weighted by Gasteiger charge is 1.92. The van der Waals surface area contributed by atoms with Crippen LogP contribution in [0.25, 0.3) is 0 Å². The van der Waals surface area contributed by atoms with Gasteiger partial charge >= 0.3 is 5.97 Å². The molecule has 0 fully saturated rings. The fourth-order valence-corrected chi connectivity index (χ4v) is 0.667. The Morgan fingerprint density at radius 1 is 1.33 bits per heavy atom. The third kappa shape index (κ3) is 22.6. The summed E-state index contributed by atoms with van der Waals surface area (Å²) < 4.78 is 0. The predicted molar refractivity (Wildman–Crippen MR) is 51.8 cm³/mol. The lowest BCUT2D eigenvalue weighted by molar-refractivity contribution is -0.134. The van der Waals surface area contributed by atoms with E-state index in [1.807, 2.05) is 0 Å². The zero-order valence-corrected chi connectivity index (χ0v) is 8.85. The normalized spacial score (nSPS) is 9.58. The Hall–Kier alpha value is -0.280. The molecule has 3 nitrogen and oxygen atoms in total. The van der Waals surface area contributed by atoms with Gasteiger partial charge < -0.3 is 10.4 Å². The van der Waals surface area contributed by atoms with Crippen molar-refractivity contribution in [2.24, 2.45) is 0 Å². The van der Waals surface area contributed by atoms with Crippen LogP contribution in [-0.2, 0) is 4.79 Å². The first-order valence-corrected chi connectivity index (χ1v) is 4.47. The van der Waals surface area contributed by atoms with Gasteiger partial charge in [-0.25, -0.2) is 0 Å². The minimum Gasteiger partial charge on any atom is -0.480 e. The molecule has 2 N–H and O–H groups in total. The van der Waals surface area contributed by atoms with E-state index in [0.717, 1.165) is 0 Å². The van der Waals surface area contributed by atoms with Gasteiger partial charge in [0.05, 0.1) is 0 Å². The summed E-state index contributed by atoms with van der Waals surface area (Å²) in [5.74, 6) is -1.29. The van der Waals surface area contributed by atoms with E-state index in [1.54, 1.807) is 0 Å². The number of hydrogen-bond donors (Lipinski definition) is 2. The van der Waals surface area contributed by atoms with Crippen LogP contribution in [0.3, 0.4) is 0 Å². The molecule has 0 unspecified atom stereocenters. The van der Waals surface area contributed by atoms with Crippen molar-refractivity contribution in [3.05, 3.63) is 0 Å². The lowest BCUT2D eigenvalue weighted by Crippen LogP contribution is -2.29. The second-order valence-electron chi connectivity index (χ2n) is 3.00. The summed E-state index contributed by atoms with van der Waals surface area (Å²) in [6.07, 6.45) is 0.